The Balaban J connectivity index is 1.74. The maximum absolute atomic E-state index is 12.8. The third-order valence-electron chi connectivity index (χ3n) is 5.14. The normalized spacial score (nSPS) is 15.2. The minimum atomic E-state index is -0.197. The first-order chi connectivity index (χ1) is 13.4. The van der Waals surface area contributed by atoms with Gasteiger partial charge in [-0.3, -0.25) is 19.3 Å². The molecule has 0 bridgehead atoms. The summed E-state index contributed by atoms with van der Waals surface area (Å²) in [5.74, 6) is -0.338. The van der Waals surface area contributed by atoms with E-state index in [4.69, 9.17) is 0 Å². The highest BCUT2D eigenvalue weighted by molar-refractivity contribution is 6.19. The Morgan fingerprint density at radius 1 is 0.964 bits per heavy atom. The maximum Gasteiger partial charge on any atom is 0.251 e. The van der Waals surface area contributed by atoms with E-state index in [9.17, 15) is 14.4 Å². The number of carbonyl (C=O) groups is 3. The van der Waals surface area contributed by atoms with Crippen molar-refractivity contribution in [2.24, 2.45) is 5.92 Å². The molecule has 1 aliphatic rings. The van der Waals surface area contributed by atoms with Gasteiger partial charge in [-0.25, -0.2) is 0 Å². The molecule has 3 amide bonds. The van der Waals surface area contributed by atoms with Gasteiger partial charge in [-0.2, -0.15) is 0 Å². The minimum absolute atomic E-state index is 0.0974. The zero-order chi connectivity index (χ0) is 20.3. The molecule has 1 fully saturated rings. The summed E-state index contributed by atoms with van der Waals surface area (Å²) in [6.07, 6.45) is 1.47. The van der Waals surface area contributed by atoms with Gasteiger partial charge < -0.3 is 5.32 Å². The molecule has 0 radical (unpaired) electrons. The molecule has 146 valence electrons. The lowest BCUT2D eigenvalue weighted by Gasteiger charge is -2.23. The van der Waals surface area contributed by atoms with Crippen LogP contribution in [0.2, 0.25) is 0 Å². The zero-order valence-electron chi connectivity index (χ0n) is 16.6. The Labute approximate surface area is 165 Å². The van der Waals surface area contributed by atoms with E-state index in [1.165, 1.54) is 10.5 Å². The summed E-state index contributed by atoms with van der Waals surface area (Å²) in [5, 5.41) is 3.11. The SMILES string of the molecule is CCc1ccc([C@H](NC(=O)c2ccc(N3C(=O)CCC3=O)cc2)C(C)C)cc1. The number of hydrogen-bond acceptors (Lipinski definition) is 3. The van der Waals surface area contributed by atoms with Crippen LogP contribution in [0.25, 0.3) is 0 Å². The smallest absolute Gasteiger partial charge is 0.251 e. The number of rotatable bonds is 6. The fourth-order valence-corrected chi connectivity index (χ4v) is 3.45. The van der Waals surface area contributed by atoms with Crippen molar-refractivity contribution in [3.05, 3.63) is 65.2 Å². The van der Waals surface area contributed by atoms with E-state index in [-0.39, 0.29) is 42.5 Å². The molecule has 0 unspecified atom stereocenters. The molecule has 0 aromatic heterocycles. The van der Waals surface area contributed by atoms with Crippen molar-refractivity contribution in [2.45, 2.75) is 46.1 Å². The van der Waals surface area contributed by atoms with E-state index >= 15 is 0 Å². The van der Waals surface area contributed by atoms with E-state index in [0.717, 1.165) is 12.0 Å². The van der Waals surface area contributed by atoms with Crippen LogP contribution < -0.4 is 10.2 Å². The third kappa shape index (κ3) is 4.14. The highest BCUT2D eigenvalue weighted by Crippen LogP contribution is 2.25. The summed E-state index contributed by atoms with van der Waals surface area (Å²) in [6.45, 7) is 6.27. The molecule has 0 aliphatic carbocycles. The molecule has 1 aliphatic heterocycles. The predicted molar refractivity (Wildman–Crippen MR) is 109 cm³/mol. The van der Waals surface area contributed by atoms with Crippen LogP contribution in [-0.4, -0.2) is 17.7 Å². The van der Waals surface area contributed by atoms with E-state index in [0.29, 0.717) is 11.3 Å². The molecular weight excluding hydrogens is 352 g/mol. The number of amides is 3. The van der Waals surface area contributed by atoms with Crippen LogP contribution >= 0.6 is 0 Å². The molecular formula is C23H26N2O3. The Bertz CT molecular complexity index is 854. The zero-order valence-corrected chi connectivity index (χ0v) is 16.6. The Morgan fingerprint density at radius 2 is 1.54 bits per heavy atom. The van der Waals surface area contributed by atoms with Crippen LogP contribution in [0.1, 0.15) is 61.1 Å². The van der Waals surface area contributed by atoms with Gasteiger partial charge in [-0.1, -0.05) is 45.0 Å². The first-order valence-corrected chi connectivity index (χ1v) is 9.76. The molecule has 2 aromatic rings. The fourth-order valence-electron chi connectivity index (χ4n) is 3.45. The van der Waals surface area contributed by atoms with Crippen LogP contribution in [0.3, 0.4) is 0 Å². The highest BCUT2D eigenvalue weighted by Gasteiger charge is 2.30. The predicted octanol–water partition coefficient (Wildman–Crippen LogP) is 4.03. The van der Waals surface area contributed by atoms with Gasteiger partial charge in [0.1, 0.15) is 0 Å². The van der Waals surface area contributed by atoms with Crippen LogP contribution in [-0.2, 0) is 16.0 Å². The number of imide groups is 1. The number of hydrogen-bond donors (Lipinski definition) is 1. The van der Waals surface area contributed by atoms with Gasteiger partial charge in [0.25, 0.3) is 5.91 Å². The van der Waals surface area contributed by atoms with Gasteiger partial charge in [0.15, 0.2) is 0 Å². The van der Waals surface area contributed by atoms with E-state index < -0.39 is 0 Å². The lowest BCUT2D eigenvalue weighted by Crippen LogP contribution is -2.32. The molecule has 0 saturated carbocycles. The van der Waals surface area contributed by atoms with Gasteiger partial charge >= 0.3 is 0 Å². The highest BCUT2D eigenvalue weighted by atomic mass is 16.2. The largest absolute Gasteiger partial charge is 0.345 e. The number of benzene rings is 2. The van der Waals surface area contributed by atoms with Gasteiger partial charge in [0, 0.05) is 18.4 Å². The van der Waals surface area contributed by atoms with Crippen molar-refractivity contribution < 1.29 is 14.4 Å². The van der Waals surface area contributed by atoms with Crippen LogP contribution in [0.4, 0.5) is 5.69 Å². The Hall–Kier alpha value is -2.95. The van der Waals surface area contributed by atoms with Crippen molar-refractivity contribution in [3.63, 3.8) is 0 Å². The Kier molecular flexibility index (Phi) is 5.93. The second-order valence-electron chi connectivity index (χ2n) is 7.46. The van der Waals surface area contributed by atoms with Crippen molar-refractivity contribution >= 4 is 23.4 Å². The monoisotopic (exact) mass is 378 g/mol. The molecule has 1 N–H and O–H groups in total. The molecule has 5 nitrogen and oxygen atoms in total. The lowest BCUT2D eigenvalue weighted by molar-refractivity contribution is -0.121. The minimum Gasteiger partial charge on any atom is -0.345 e. The van der Waals surface area contributed by atoms with Crippen molar-refractivity contribution in [1.29, 1.82) is 0 Å². The number of anilines is 1. The van der Waals surface area contributed by atoms with Gasteiger partial charge in [0.05, 0.1) is 11.7 Å². The number of nitrogens with zero attached hydrogens (tertiary/aromatic N) is 1. The molecule has 1 atom stereocenters. The third-order valence-corrected chi connectivity index (χ3v) is 5.14. The van der Waals surface area contributed by atoms with Gasteiger partial charge in [-0.15, -0.1) is 0 Å². The molecule has 1 heterocycles. The molecule has 2 aromatic carbocycles. The van der Waals surface area contributed by atoms with Gasteiger partial charge in [-0.05, 0) is 47.7 Å². The summed E-state index contributed by atoms with van der Waals surface area (Å²) < 4.78 is 0. The second kappa shape index (κ2) is 8.38. The summed E-state index contributed by atoms with van der Waals surface area (Å²) in [7, 11) is 0. The number of carbonyl (C=O) groups excluding carboxylic acids is 3. The quantitative estimate of drug-likeness (QED) is 0.772. The molecule has 1 saturated heterocycles. The van der Waals surface area contributed by atoms with Crippen LogP contribution in [0.15, 0.2) is 48.5 Å². The summed E-state index contributed by atoms with van der Waals surface area (Å²) in [4.78, 5) is 37.7. The van der Waals surface area contributed by atoms with Crippen molar-refractivity contribution in [1.82, 2.24) is 5.32 Å². The van der Waals surface area contributed by atoms with Crippen molar-refractivity contribution in [2.75, 3.05) is 4.90 Å². The molecule has 0 spiro atoms. The van der Waals surface area contributed by atoms with E-state index in [2.05, 4.69) is 50.4 Å². The fraction of sp³-hybridized carbons (Fsp3) is 0.348. The number of nitrogens with one attached hydrogen (secondary N) is 1. The first-order valence-electron chi connectivity index (χ1n) is 9.76. The second-order valence-corrected chi connectivity index (χ2v) is 7.46. The van der Waals surface area contributed by atoms with E-state index in [1.54, 1.807) is 24.3 Å². The van der Waals surface area contributed by atoms with E-state index in [1.807, 2.05) is 0 Å². The summed E-state index contributed by atoms with van der Waals surface area (Å²) in [6, 6.07) is 14.8. The molecule has 28 heavy (non-hydrogen) atoms. The average molecular weight is 378 g/mol. The van der Waals surface area contributed by atoms with Crippen molar-refractivity contribution in [3.8, 4) is 0 Å². The molecule has 5 heteroatoms. The summed E-state index contributed by atoms with van der Waals surface area (Å²) >= 11 is 0. The lowest BCUT2D eigenvalue weighted by atomic mass is 9.94. The maximum atomic E-state index is 12.8. The van der Waals surface area contributed by atoms with Crippen LogP contribution in [0.5, 0.6) is 0 Å². The Morgan fingerprint density at radius 3 is 2.04 bits per heavy atom. The number of aryl methyl sites for hydroxylation is 1. The topological polar surface area (TPSA) is 66.5 Å². The molecule has 3 rings (SSSR count). The average Bonchev–Trinajstić information content (AvgIpc) is 3.04. The summed E-state index contributed by atoms with van der Waals surface area (Å²) in [5.41, 5.74) is 3.35. The van der Waals surface area contributed by atoms with Crippen LogP contribution in [0, 0.1) is 5.92 Å². The standard InChI is InChI=1S/C23H26N2O3/c1-4-16-5-7-17(8-6-16)22(15(2)3)24-23(28)18-9-11-19(12-10-18)25-20(26)13-14-21(25)27/h5-12,15,22H,4,13-14H2,1-3H3,(H,24,28)/t22-/m1/s1. The first kappa shape index (κ1) is 19.8. The van der Waals surface area contributed by atoms with Gasteiger partial charge in [0.2, 0.25) is 11.8 Å².